The molecule has 18 heavy (non-hydrogen) atoms. The van der Waals surface area contributed by atoms with Gasteiger partial charge in [0.15, 0.2) is 0 Å². The number of rotatable bonds is 2. The number of nitrogens with zero attached hydrogens (tertiary/aromatic N) is 1. The number of fused-ring (bicyclic) bond motifs is 1. The summed E-state index contributed by atoms with van der Waals surface area (Å²) in [4.78, 5) is 0. The van der Waals surface area contributed by atoms with Gasteiger partial charge in [0.25, 0.3) is 0 Å². The van der Waals surface area contributed by atoms with Gasteiger partial charge in [-0.1, -0.05) is 18.0 Å². The zero-order valence-corrected chi connectivity index (χ0v) is 11.7. The fourth-order valence-electron chi connectivity index (χ4n) is 3.37. The number of aromatic nitrogens is 1. The molecule has 0 amide bonds. The number of benzene rings is 1. The summed E-state index contributed by atoms with van der Waals surface area (Å²) in [5.41, 5.74) is 10.3. The lowest BCUT2D eigenvalue weighted by atomic mass is 9.63. The van der Waals surface area contributed by atoms with E-state index in [1.165, 1.54) is 41.4 Å². The first-order chi connectivity index (χ1) is 8.59. The molecule has 0 bridgehead atoms. The van der Waals surface area contributed by atoms with Crippen molar-refractivity contribution in [3.8, 4) is 0 Å². The Balaban J connectivity index is 2.34. The summed E-state index contributed by atoms with van der Waals surface area (Å²) in [6, 6.07) is 6.16. The molecular weight excluding hydrogens is 244 g/mol. The molecule has 0 saturated heterocycles. The standard InChI is InChI=1S/C15H19ClN2/c1-10-14(15(9-17)6-3-7-15)12-8-11(16)4-5-13(12)18(10)2/h4-5,8H,3,6-7,9,17H2,1-2H3. The molecule has 96 valence electrons. The van der Waals surface area contributed by atoms with Crippen molar-refractivity contribution in [2.75, 3.05) is 6.54 Å². The number of hydrogen-bond donors (Lipinski definition) is 1. The van der Waals surface area contributed by atoms with Gasteiger partial charge in [0, 0.05) is 40.6 Å². The molecule has 0 aliphatic heterocycles. The van der Waals surface area contributed by atoms with Crippen molar-refractivity contribution in [3.63, 3.8) is 0 Å². The van der Waals surface area contributed by atoms with Crippen molar-refractivity contribution in [3.05, 3.63) is 34.5 Å². The molecule has 1 aliphatic carbocycles. The third kappa shape index (κ3) is 1.45. The van der Waals surface area contributed by atoms with Gasteiger partial charge >= 0.3 is 0 Å². The van der Waals surface area contributed by atoms with Gasteiger partial charge < -0.3 is 10.3 Å². The van der Waals surface area contributed by atoms with Crippen LogP contribution in [0.5, 0.6) is 0 Å². The summed E-state index contributed by atoms with van der Waals surface area (Å²) >= 11 is 6.17. The monoisotopic (exact) mass is 262 g/mol. The van der Waals surface area contributed by atoms with Crippen LogP contribution >= 0.6 is 11.6 Å². The van der Waals surface area contributed by atoms with Crippen LogP contribution in [0.1, 0.15) is 30.5 Å². The van der Waals surface area contributed by atoms with E-state index in [4.69, 9.17) is 17.3 Å². The highest BCUT2D eigenvalue weighted by Crippen LogP contribution is 2.47. The topological polar surface area (TPSA) is 30.9 Å². The highest BCUT2D eigenvalue weighted by Gasteiger charge is 2.40. The normalized spacial score (nSPS) is 18.0. The number of hydrogen-bond acceptors (Lipinski definition) is 1. The van der Waals surface area contributed by atoms with Gasteiger partial charge in [0.2, 0.25) is 0 Å². The van der Waals surface area contributed by atoms with Crippen molar-refractivity contribution in [2.24, 2.45) is 12.8 Å². The molecule has 2 N–H and O–H groups in total. The smallest absolute Gasteiger partial charge is 0.0483 e. The highest BCUT2D eigenvalue weighted by atomic mass is 35.5. The lowest BCUT2D eigenvalue weighted by molar-refractivity contribution is 0.253. The van der Waals surface area contributed by atoms with Crippen LogP contribution in [0.3, 0.4) is 0 Å². The first-order valence-electron chi connectivity index (χ1n) is 6.54. The summed E-state index contributed by atoms with van der Waals surface area (Å²) in [6.07, 6.45) is 3.69. The highest BCUT2D eigenvalue weighted by molar-refractivity contribution is 6.31. The fraction of sp³-hybridized carbons (Fsp3) is 0.467. The number of halogens is 1. The fourth-order valence-corrected chi connectivity index (χ4v) is 3.55. The van der Waals surface area contributed by atoms with Gasteiger partial charge in [0.05, 0.1) is 0 Å². The molecule has 0 radical (unpaired) electrons. The maximum atomic E-state index is 6.17. The lowest BCUT2D eigenvalue weighted by Gasteiger charge is -2.41. The van der Waals surface area contributed by atoms with Crippen LogP contribution in [-0.4, -0.2) is 11.1 Å². The Morgan fingerprint density at radius 2 is 2.11 bits per heavy atom. The Bertz CT molecular complexity index is 603. The molecule has 3 heteroatoms. The predicted octanol–water partition coefficient (Wildman–Crippen LogP) is 3.52. The maximum absolute atomic E-state index is 6.17. The van der Waals surface area contributed by atoms with Crippen molar-refractivity contribution in [1.29, 1.82) is 0 Å². The Hall–Kier alpha value is -0.990. The second-order valence-electron chi connectivity index (χ2n) is 5.52. The minimum atomic E-state index is 0.189. The second kappa shape index (κ2) is 4.01. The van der Waals surface area contributed by atoms with Crippen LogP contribution in [0.4, 0.5) is 0 Å². The van der Waals surface area contributed by atoms with Gasteiger partial charge in [-0.15, -0.1) is 0 Å². The van der Waals surface area contributed by atoms with E-state index in [1.54, 1.807) is 0 Å². The lowest BCUT2D eigenvalue weighted by Crippen LogP contribution is -2.42. The third-order valence-electron chi connectivity index (χ3n) is 4.69. The van der Waals surface area contributed by atoms with E-state index in [9.17, 15) is 0 Å². The van der Waals surface area contributed by atoms with Crippen molar-refractivity contribution >= 4 is 22.5 Å². The van der Waals surface area contributed by atoms with E-state index in [2.05, 4.69) is 30.7 Å². The minimum Gasteiger partial charge on any atom is -0.348 e. The van der Waals surface area contributed by atoms with Crippen molar-refractivity contribution < 1.29 is 0 Å². The average Bonchev–Trinajstić information content (AvgIpc) is 2.54. The molecule has 1 aliphatic rings. The van der Waals surface area contributed by atoms with Gasteiger partial charge in [-0.25, -0.2) is 0 Å². The maximum Gasteiger partial charge on any atom is 0.0483 e. The molecule has 0 atom stereocenters. The van der Waals surface area contributed by atoms with E-state index in [0.717, 1.165) is 11.6 Å². The molecule has 0 unspecified atom stereocenters. The van der Waals surface area contributed by atoms with E-state index < -0.39 is 0 Å². The molecule has 1 heterocycles. The van der Waals surface area contributed by atoms with Crippen LogP contribution in [0.25, 0.3) is 10.9 Å². The van der Waals surface area contributed by atoms with E-state index in [1.807, 2.05) is 6.07 Å². The summed E-state index contributed by atoms with van der Waals surface area (Å²) in [5.74, 6) is 0. The summed E-state index contributed by atoms with van der Waals surface area (Å²) < 4.78 is 2.26. The van der Waals surface area contributed by atoms with Crippen LogP contribution in [0, 0.1) is 6.92 Å². The van der Waals surface area contributed by atoms with E-state index in [-0.39, 0.29) is 5.41 Å². The molecule has 0 spiro atoms. The summed E-state index contributed by atoms with van der Waals surface area (Å²) in [7, 11) is 2.12. The first kappa shape index (κ1) is 12.1. The van der Waals surface area contributed by atoms with Gasteiger partial charge in [0.1, 0.15) is 0 Å². The van der Waals surface area contributed by atoms with E-state index in [0.29, 0.717) is 0 Å². The quantitative estimate of drug-likeness (QED) is 0.882. The van der Waals surface area contributed by atoms with Crippen molar-refractivity contribution in [2.45, 2.75) is 31.6 Å². The predicted molar refractivity (Wildman–Crippen MR) is 77.2 cm³/mol. The Labute approximate surface area is 113 Å². The molecular formula is C15H19ClN2. The average molecular weight is 263 g/mol. The molecule has 1 aromatic heterocycles. The summed E-state index contributed by atoms with van der Waals surface area (Å²) in [6.45, 7) is 2.93. The molecule has 1 aromatic carbocycles. The first-order valence-corrected chi connectivity index (χ1v) is 6.92. The molecule has 2 nitrogen and oxygen atoms in total. The van der Waals surface area contributed by atoms with Crippen LogP contribution in [0.2, 0.25) is 5.02 Å². The largest absolute Gasteiger partial charge is 0.348 e. The van der Waals surface area contributed by atoms with E-state index >= 15 is 0 Å². The number of aryl methyl sites for hydroxylation is 1. The molecule has 2 aromatic rings. The van der Waals surface area contributed by atoms with Gasteiger partial charge in [-0.05, 0) is 43.5 Å². The van der Waals surface area contributed by atoms with Crippen molar-refractivity contribution in [1.82, 2.24) is 4.57 Å². The second-order valence-corrected chi connectivity index (χ2v) is 5.96. The van der Waals surface area contributed by atoms with Crippen LogP contribution in [-0.2, 0) is 12.5 Å². The van der Waals surface area contributed by atoms with Gasteiger partial charge in [-0.3, -0.25) is 0 Å². The molecule has 3 rings (SSSR count). The summed E-state index contributed by atoms with van der Waals surface area (Å²) in [5, 5.41) is 2.09. The number of nitrogens with two attached hydrogens (primary N) is 1. The minimum absolute atomic E-state index is 0.189. The van der Waals surface area contributed by atoms with Gasteiger partial charge in [-0.2, -0.15) is 0 Å². The Morgan fingerprint density at radius 3 is 2.67 bits per heavy atom. The zero-order chi connectivity index (χ0) is 12.9. The molecule has 1 fully saturated rings. The zero-order valence-electron chi connectivity index (χ0n) is 11.0. The molecule has 1 saturated carbocycles. The SMILES string of the molecule is Cc1c(C2(CN)CCC2)c2cc(Cl)ccc2n1C. The van der Waals surface area contributed by atoms with Crippen LogP contribution < -0.4 is 5.73 Å². The third-order valence-corrected chi connectivity index (χ3v) is 4.92. The Kier molecular flexibility index (Phi) is 2.68. The Morgan fingerprint density at radius 1 is 1.39 bits per heavy atom. The van der Waals surface area contributed by atoms with Crippen LogP contribution in [0.15, 0.2) is 18.2 Å².